The second kappa shape index (κ2) is 9.80. The predicted octanol–water partition coefficient (Wildman–Crippen LogP) is 3.55. The summed E-state index contributed by atoms with van der Waals surface area (Å²) in [5.74, 6) is 2.29. The van der Waals surface area contributed by atoms with Gasteiger partial charge in [-0.15, -0.1) is 0 Å². The lowest BCUT2D eigenvalue weighted by Crippen LogP contribution is -2.40. The van der Waals surface area contributed by atoms with Crippen molar-refractivity contribution in [2.45, 2.75) is 37.2 Å². The van der Waals surface area contributed by atoms with E-state index < -0.39 is 6.10 Å². The molecule has 152 valence electrons. The number of benzene rings is 2. The van der Waals surface area contributed by atoms with E-state index >= 15 is 0 Å². The van der Waals surface area contributed by atoms with Crippen molar-refractivity contribution in [3.8, 4) is 17.2 Å². The van der Waals surface area contributed by atoms with E-state index in [1.807, 2.05) is 36.4 Å². The van der Waals surface area contributed by atoms with Gasteiger partial charge >= 0.3 is 0 Å². The Bertz CT molecular complexity index is 729. The lowest BCUT2D eigenvalue weighted by Gasteiger charge is -2.31. The fourth-order valence-corrected chi connectivity index (χ4v) is 4.03. The van der Waals surface area contributed by atoms with Gasteiger partial charge in [-0.05, 0) is 42.7 Å². The van der Waals surface area contributed by atoms with Gasteiger partial charge in [0.2, 0.25) is 0 Å². The van der Waals surface area contributed by atoms with E-state index in [4.69, 9.17) is 14.2 Å². The minimum Gasteiger partial charge on any atom is -0.493 e. The zero-order valence-electron chi connectivity index (χ0n) is 16.8. The van der Waals surface area contributed by atoms with Crippen LogP contribution in [0.5, 0.6) is 17.2 Å². The highest BCUT2D eigenvalue weighted by atomic mass is 16.5. The summed E-state index contributed by atoms with van der Waals surface area (Å²) < 4.78 is 16.5. The number of aliphatic hydroxyl groups is 1. The normalized spacial score (nSPS) is 16.5. The number of aliphatic hydroxyl groups excluding tert-OH is 1. The van der Waals surface area contributed by atoms with Crippen LogP contribution in [-0.4, -0.2) is 45.1 Å². The van der Waals surface area contributed by atoms with Gasteiger partial charge in [-0.2, -0.15) is 0 Å². The summed E-state index contributed by atoms with van der Waals surface area (Å²) in [6, 6.07) is 15.8. The smallest absolute Gasteiger partial charge is 0.161 e. The maximum Gasteiger partial charge on any atom is 0.161 e. The summed E-state index contributed by atoms with van der Waals surface area (Å²) in [4.78, 5) is 0. The molecule has 0 aromatic heterocycles. The van der Waals surface area contributed by atoms with Crippen LogP contribution in [0.1, 0.15) is 31.2 Å². The van der Waals surface area contributed by atoms with Crippen LogP contribution >= 0.6 is 0 Å². The molecule has 0 spiro atoms. The van der Waals surface area contributed by atoms with Crippen LogP contribution in [-0.2, 0) is 5.41 Å². The molecule has 0 heterocycles. The topological polar surface area (TPSA) is 60.0 Å². The molecule has 1 saturated carbocycles. The van der Waals surface area contributed by atoms with Crippen molar-refractivity contribution in [1.82, 2.24) is 5.32 Å². The van der Waals surface area contributed by atoms with E-state index in [1.165, 1.54) is 18.4 Å². The summed E-state index contributed by atoms with van der Waals surface area (Å²) in [6.45, 7) is 1.60. The highest BCUT2D eigenvalue weighted by molar-refractivity contribution is 5.45. The van der Waals surface area contributed by atoms with Gasteiger partial charge in [0.1, 0.15) is 18.5 Å². The zero-order valence-corrected chi connectivity index (χ0v) is 16.8. The van der Waals surface area contributed by atoms with Gasteiger partial charge in [-0.1, -0.05) is 37.1 Å². The average Bonchev–Trinajstić information content (AvgIpc) is 3.22. The molecular weight excluding hydrogens is 354 g/mol. The maximum absolute atomic E-state index is 10.3. The van der Waals surface area contributed by atoms with Crippen molar-refractivity contribution in [2.24, 2.45) is 0 Å². The first kappa shape index (κ1) is 20.5. The number of hydrogen-bond acceptors (Lipinski definition) is 5. The molecule has 0 bridgehead atoms. The van der Waals surface area contributed by atoms with E-state index in [2.05, 4.69) is 17.4 Å². The first-order valence-electron chi connectivity index (χ1n) is 9.96. The number of rotatable bonds is 10. The Morgan fingerprint density at radius 1 is 1.00 bits per heavy atom. The molecule has 2 N–H and O–H groups in total. The largest absolute Gasteiger partial charge is 0.493 e. The first-order chi connectivity index (χ1) is 13.7. The van der Waals surface area contributed by atoms with E-state index in [0.717, 1.165) is 36.6 Å². The molecule has 28 heavy (non-hydrogen) atoms. The minimum absolute atomic E-state index is 0.0690. The van der Waals surface area contributed by atoms with Crippen LogP contribution in [0.15, 0.2) is 48.5 Å². The third kappa shape index (κ3) is 4.97. The molecular formula is C23H31NO4. The summed E-state index contributed by atoms with van der Waals surface area (Å²) in [7, 11) is 3.33. The predicted molar refractivity (Wildman–Crippen MR) is 111 cm³/mol. The van der Waals surface area contributed by atoms with Crippen molar-refractivity contribution >= 4 is 0 Å². The molecule has 2 aromatic rings. The summed E-state index contributed by atoms with van der Waals surface area (Å²) >= 11 is 0. The lowest BCUT2D eigenvalue weighted by molar-refractivity contribution is 0.105. The number of hydrogen-bond donors (Lipinski definition) is 2. The second-order valence-electron chi connectivity index (χ2n) is 7.47. The highest BCUT2D eigenvalue weighted by Gasteiger charge is 2.36. The minimum atomic E-state index is -0.552. The molecule has 0 unspecified atom stereocenters. The Morgan fingerprint density at radius 2 is 1.71 bits per heavy atom. The second-order valence-corrected chi connectivity index (χ2v) is 7.47. The molecule has 3 rings (SSSR count). The van der Waals surface area contributed by atoms with Gasteiger partial charge in [-0.25, -0.2) is 0 Å². The molecule has 1 atom stereocenters. The van der Waals surface area contributed by atoms with Crippen molar-refractivity contribution in [2.75, 3.05) is 33.9 Å². The number of nitrogens with one attached hydrogen (secondary N) is 1. The number of ether oxygens (including phenoxy) is 3. The average molecular weight is 386 g/mol. The van der Waals surface area contributed by atoms with Gasteiger partial charge in [-0.3, -0.25) is 0 Å². The van der Waals surface area contributed by atoms with Crippen molar-refractivity contribution in [3.63, 3.8) is 0 Å². The SMILES string of the molecule is COc1ccc(C2(CNC[C@H](O)COc3ccccc3)CCCC2)cc1OC. The van der Waals surface area contributed by atoms with E-state index in [1.54, 1.807) is 14.2 Å². The molecule has 0 radical (unpaired) electrons. The van der Waals surface area contributed by atoms with Gasteiger partial charge < -0.3 is 24.6 Å². The Hall–Kier alpha value is -2.24. The standard InChI is InChI=1S/C23H31NO4/c1-26-21-11-10-18(14-22(21)27-2)23(12-6-7-13-23)17-24-15-19(25)16-28-20-8-4-3-5-9-20/h3-5,8-11,14,19,24-25H,6-7,12-13,15-17H2,1-2H3/t19-/m0/s1. The molecule has 5 heteroatoms. The maximum atomic E-state index is 10.3. The summed E-state index contributed by atoms with van der Waals surface area (Å²) in [5.41, 5.74) is 1.34. The monoisotopic (exact) mass is 385 g/mol. The number of para-hydroxylation sites is 1. The molecule has 1 aliphatic rings. The van der Waals surface area contributed by atoms with Crippen molar-refractivity contribution in [3.05, 3.63) is 54.1 Å². The Kier molecular flexibility index (Phi) is 7.18. The molecule has 2 aromatic carbocycles. The van der Waals surface area contributed by atoms with E-state index in [-0.39, 0.29) is 12.0 Å². The van der Waals surface area contributed by atoms with Crippen LogP contribution in [0.2, 0.25) is 0 Å². The highest BCUT2D eigenvalue weighted by Crippen LogP contribution is 2.43. The number of methoxy groups -OCH3 is 2. The van der Waals surface area contributed by atoms with Crippen molar-refractivity contribution in [1.29, 1.82) is 0 Å². The van der Waals surface area contributed by atoms with Crippen LogP contribution in [0, 0.1) is 0 Å². The molecule has 1 aliphatic carbocycles. The third-order valence-electron chi connectivity index (χ3n) is 5.59. The fourth-order valence-electron chi connectivity index (χ4n) is 4.03. The Balaban J connectivity index is 1.57. The summed E-state index contributed by atoms with van der Waals surface area (Å²) in [6.07, 6.45) is 4.15. The van der Waals surface area contributed by atoms with Gasteiger partial charge in [0.15, 0.2) is 11.5 Å². The van der Waals surface area contributed by atoms with Crippen molar-refractivity contribution < 1.29 is 19.3 Å². The molecule has 0 amide bonds. The quantitative estimate of drug-likeness (QED) is 0.655. The third-order valence-corrected chi connectivity index (χ3v) is 5.59. The lowest BCUT2D eigenvalue weighted by atomic mass is 9.78. The molecule has 5 nitrogen and oxygen atoms in total. The van der Waals surface area contributed by atoms with E-state index in [0.29, 0.717) is 6.54 Å². The van der Waals surface area contributed by atoms with Gasteiger partial charge in [0.25, 0.3) is 0 Å². The molecule has 1 fully saturated rings. The van der Waals surface area contributed by atoms with Gasteiger partial charge in [0, 0.05) is 18.5 Å². The fraction of sp³-hybridized carbons (Fsp3) is 0.478. The van der Waals surface area contributed by atoms with E-state index in [9.17, 15) is 5.11 Å². The Morgan fingerprint density at radius 3 is 2.39 bits per heavy atom. The zero-order chi connectivity index (χ0) is 19.8. The van der Waals surface area contributed by atoms with Crippen LogP contribution in [0.4, 0.5) is 0 Å². The molecule has 0 aliphatic heterocycles. The van der Waals surface area contributed by atoms with Gasteiger partial charge in [0.05, 0.1) is 14.2 Å². The van der Waals surface area contributed by atoms with Crippen LogP contribution < -0.4 is 19.5 Å². The van der Waals surface area contributed by atoms with Crippen LogP contribution in [0.3, 0.4) is 0 Å². The summed E-state index contributed by atoms with van der Waals surface area (Å²) in [5, 5.41) is 13.7. The first-order valence-corrected chi connectivity index (χ1v) is 9.96. The van der Waals surface area contributed by atoms with Crippen LogP contribution in [0.25, 0.3) is 0 Å². The molecule has 0 saturated heterocycles. The Labute approximate surface area is 167 Å².